The van der Waals surface area contributed by atoms with E-state index in [0.29, 0.717) is 25.8 Å². The van der Waals surface area contributed by atoms with Crippen molar-refractivity contribution < 1.29 is 19.0 Å². The summed E-state index contributed by atoms with van der Waals surface area (Å²) < 4.78 is 16.5. The van der Waals surface area contributed by atoms with Gasteiger partial charge >= 0.3 is 6.03 Å². The van der Waals surface area contributed by atoms with Crippen LogP contribution in [0.3, 0.4) is 0 Å². The lowest BCUT2D eigenvalue weighted by Crippen LogP contribution is -2.49. The highest BCUT2D eigenvalue weighted by molar-refractivity contribution is 5.74. The number of hydrogen-bond acceptors (Lipinski definition) is 5. The predicted octanol–water partition coefficient (Wildman–Crippen LogP) is 1.54. The normalized spacial score (nSPS) is 19.8. The molecule has 1 saturated heterocycles. The fraction of sp³-hybridized carbons (Fsp3) is 0.611. The lowest BCUT2D eigenvalue weighted by molar-refractivity contribution is 0.0209. The van der Waals surface area contributed by atoms with Gasteiger partial charge in [0, 0.05) is 25.7 Å². The Hall–Kier alpha value is -1.99. The molecule has 0 bridgehead atoms. The summed E-state index contributed by atoms with van der Waals surface area (Å²) in [6.45, 7) is 9.17. The molecule has 0 radical (unpaired) electrons. The molecule has 1 aromatic carbocycles. The Bertz CT molecular complexity index is 590. The molecule has 0 spiro atoms. The van der Waals surface area contributed by atoms with Gasteiger partial charge in [0.1, 0.15) is 13.2 Å². The van der Waals surface area contributed by atoms with Crippen LogP contribution in [0.4, 0.5) is 4.79 Å². The molecule has 0 aliphatic carbocycles. The van der Waals surface area contributed by atoms with Crippen molar-refractivity contribution in [3.8, 4) is 11.5 Å². The van der Waals surface area contributed by atoms with Gasteiger partial charge in [-0.3, -0.25) is 4.90 Å². The zero-order chi connectivity index (χ0) is 17.6. The van der Waals surface area contributed by atoms with Crippen LogP contribution in [0.15, 0.2) is 18.2 Å². The van der Waals surface area contributed by atoms with E-state index in [9.17, 15) is 4.79 Å². The molecule has 0 aromatic heterocycles. The summed E-state index contributed by atoms with van der Waals surface area (Å²) in [6.07, 6.45) is 0. The first-order valence-electron chi connectivity index (χ1n) is 8.89. The fourth-order valence-electron chi connectivity index (χ4n) is 3.05. The minimum absolute atomic E-state index is 0.116. The number of morpholine rings is 1. The summed E-state index contributed by atoms with van der Waals surface area (Å²) in [6, 6.07) is 5.78. The Labute approximate surface area is 148 Å². The Kier molecular flexibility index (Phi) is 5.99. The third-order valence-corrected chi connectivity index (χ3v) is 4.64. The van der Waals surface area contributed by atoms with Gasteiger partial charge in [-0.25, -0.2) is 4.79 Å². The summed E-state index contributed by atoms with van der Waals surface area (Å²) >= 11 is 0. The number of carbonyl (C=O) groups excluding carboxylic acids is 1. The third kappa shape index (κ3) is 4.76. The monoisotopic (exact) mass is 349 g/mol. The van der Waals surface area contributed by atoms with Crippen LogP contribution in [-0.4, -0.2) is 63.0 Å². The van der Waals surface area contributed by atoms with Crippen molar-refractivity contribution in [3.05, 3.63) is 23.8 Å². The maximum atomic E-state index is 12.2. The number of fused-ring (bicyclic) bond motifs is 1. The molecule has 2 N–H and O–H groups in total. The van der Waals surface area contributed by atoms with Gasteiger partial charge in [-0.15, -0.1) is 0 Å². The second-order valence-corrected chi connectivity index (χ2v) is 6.48. The van der Waals surface area contributed by atoms with Crippen molar-refractivity contribution in [2.24, 2.45) is 0 Å². The standard InChI is InChI=1S/C18H27N3O4/c1-13(21-5-7-23-8-6-21)12-19-18(22)20-14(2)15-3-4-16-17(11-15)25-10-9-24-16/h3-4,11,13-14H,5-10,12H2,1-2H3,(H2,19,20,22)/t13-,14+/m0/s1. The lowest BCUT2D eigenvalue weighted by Gasteiger charge is -2.32. The van der Waals surface area contributed by atoms with E-state index in [4.69, 9.17) is 14.2 Å². The molecule has 1 fully saturated rings. The fourth-order valence-corrected chi connectivity index (χ4v) is 3.05. The first-order chi connectivity index (χ1) is 12.1. The van der Waals surface area contributed by atoms with Gasteiger partial charge in [-0.1, -0.05) is 6.07 Å². The number of amides is 2. The van der Waals surface area contributed by atoms with Crippen molar-refractivity contribution in [2.75, 3.05) is 46.1 Å². The molecular formula is C18H27N3O4. The number of nitrogens with zero attached hydrogens (tertiary/aromatic N) is 1. The molecule has 25 heavy (non-hydrogen) atoms. The average molecular weight is 349 g/mol. The smallest absolute Gasteiger partial charge is 0.315 e. The molecule has 1 aromatic rings. The summed E-state index contributed by atoms with van der Waals surface area (Å²) in [4.78, 5) is 14.5. The highest BCUT2D eigenvalue weighted by Crippen LogP contribution is 2.32. The van der Waals surface area contributed by atoms with E-state index in [1.54, 1.807) is 0 Å². The van der Waals surface area contributed by atoms with Gasteiger partial charge in [0.15, 0.2) is 11.5 Å². The molecule has 7 nitrogen and oxygen atoms in total. The topological polar surface area (TPSA) is 72.1 Å². The van der Waals surface area contributed by atoms with E-state index in [-0.39, 0.29) is 12.1 Å². The van der Waals surface area contributed by atoms with E-state index in [0.717, 1.165) is 43.4 Å². The summed E-state index contributed by atoms with van der Waals surface area (Å²) in [5.41, 5.74) is 0.987. The van der Waals surface area contributed by atoms with Crippen LogP contribution >= 0.6 is 0 Å². The van der Waals surface area contributed by atoms with Gasteiger partial charge in [0.25, 0.3) is 0 Å². The second-order valence-electron chi connectivity index (χ2n) is 6.48. The predicted molar refractivity (Wildman–Crippen MR) is 94.2 cm³/mol. The van der Waals surface area contributed by atoms with E-state index in [1.807, 2.05) is 25.1 Å². The zero-order valence-corrected chi connectivity index (χ0v) is 14.9. The zero-order valence-electron chi connectivity index (χ0n) is 14.9. The molecule has 2 aliphatic rings. The van der Waals surface area contributed by atoms with E-state index < -0.39 is 0 Å². The van der Waals surface area contributed by atoms with Crippen LogP contribution in [0.2, 0.25) is 0 Å². The minimum Gasteiger partial charge on any atom is -0.486 e. The van der Waals surface area contributed by atoms with Crippen molar-refractivity contribution in [2.45, 2.75) is 25.9 Å². The van der Waals surface area contributed by atoms with Gasteiger partial charge in [0.05, 0.1) is 19.3 Å². The first kappa shape index (κ1) is 17.8. The third-order valence-electron chi connectivity index (χ3n) is 4.64. The number of ether oxygens (including phenoxy) is 3. The van der Waals surface area contributed by atoms with E-state index in [2.05, 4.69) is 22.5 Å². The Morgan fingerprint density at radius 3 is 2.60 bits per heavy atom. The number of carbonyl (C=O) groups is 1. The first-order valence-corrected chi connectivity index (χ1v) is 8.89. The maximum Gasteiger partial charge on any atom is 0.315 e. The van der Waals surface area contributed by atoms with Gasteiger partial charge in [-0.05, 0) is 31.5 Å². The number of nitrogens with one attached hydrogen (secondary N) is 2. The number of urea groups is 1. The van der Waals surface area contributed by atoms with Gasteiger partial charge < -0.3 is 24.8 Å². The lowest BCUT2D eigenvalue weighted by atomic mass is 10.1. The molecule has 2 aliphatic heterocycles. The number of benzene rings is 1. The van der Waals surface area contributed by atoms with Crippen molar-refractivity contribution in [3.63, 3.8) is 0 Å². The molecule has 3 rings (SSSR count). The molecule has 138 valence electrons. The summed E-state index contributed by atoms with van der Waals surface area (Å²) in [5.74, 6) is 1.49. The molecule has 0 saturated carbocycles. The van der Waals surface area contributed by atoms with E-state index in [1.165, 1.54) is 0 Å². The molecular weight excluding hydrogens is 322 g/mol. The van der Waals surface area contributed by atoms with Crippen molar-refractivity contribution in [1.29, 1.82) is 0 Å². The van der Waals surface area contributed by atoms with Crippen LogP contribution in [0.25, 0.3) is 0 Å². The summed E-state index contributed by atoms with van der Waals surface area (Å²) in [5, 5.41) is 5.93. The van der Waals surface area contributed by atoms with Gasteiger partial charge in [-0.2, -0.15) is 0 Å². The minimum atomic E-state index is -0.164. The molecule has 2 amide bonds. The average Bonchev–Trinajstić information content (AvgIpc) is 2.66. The highest BCUT2D eigenvalue weighted by Gasteiger charge is 2.19. The van der Waals surface area contributed by atoms with Crippen LogP contribution in [0.1, 0.15) is 25.5 Å². The SMILES string of the molecule is C[C@@H](NC(=O)NC[C@H](C)N1CCOCC1)c1ccc2c(c1)OCCO2. The maximum absolute atomic E-state index is 12.2. The molecule has 2 atom stereocenters. The Morgan fingerprint density at radius 2 is 1.84 bits per heavy atom. The van der Waals surface area contributed by atoms with Crippen LogP contribution < -0.4 is 20.1 Å². The number of rotatable bonds is 5. The van der Waals surface area contributed by atoms with Crippen LogP contribution in [0, 0.1) is 0 Å². The van der Waals surface area contributed by atoms with E-state index >= 15 is 0 Å². The highest BCUT2D eigenvalue weighted by atomic mass is 16.6. The molecule has 7 heteroatoms. The largest absolute Gasteiger partial charge is 0.486 e. The van der Waals surface area contributed by atoms with Crippen molar-refractivity contribution >= 4 is 6.03 Å². The van der Waals surface area contributed by atoms with Crippen LogP contribution in [0.5, 0.6) is 11.5 Å². The van der Waals surface area contributed by atoms with Crippen molar-refractivity contribution in [1.82, 2.24) is 15.5 Å². The molecule has 2 heterocycles. The summed E-state index contributed by atoms with van der Waals surface area (Å²) in [7, 11) is 0. The Balaban J connectivity index is 1.47. The van der Waals surface area contributed by atoms with Crippen LogP contribution in [-0.2, 0) is 4.74 Å². The molecule has 0 unspecified atom stereocenters. The van der Waals surface area contributed by atoms with Gasteiger partial charge in [0.2, 0.25) is 0 Å². The number of hydrogen-bond donors (Lipinski definition) is 2. The second kappa shape index (κ2) is 8.40. The quantitative estimate of drug-likeness (QED) is 0.844. The Morgan fingerprint density at radius 1 is 1.12 bits per heavy atom.